The average molecular weight is 95.1 g/mol. The van der Waals surface area contributed by atoms with Gasteiger partial charge in [-0.3, -0.25) is 9.89 Å². The monoisotopic (exact) mass is 95.0 g/mol. The molecular weight excluding hydrogens is 92.1 g/mol. The van der Waals surface area contributed by atoms with Gasteiger partial charge in [0.15, 0.2) is 6.29 Å². The summed E-state index contributed by atoms with van der Waals surface area (Å²) in [4.78, 5) is 9.78. The van der Waals surface area contributed by atoms with Crippen LogP contribution in [0.1, 0.15) is 10.4 Å². The van der Waals surface area contributed by atoms with Gasteiger partial charge >= 0.3 is 0 Å². The highest BCUT2D eigenvalue weighted by atomic mass is 16.1. The van der Waals surface area contributed by atoms with Gasteiger partial charge in [-0.2, -0.15) is 5.10 Å². The lowest BCUT2D eigenvalue weighted by atomic mass is 10.4. The molecular formula is C4H3N2O. The van der Waals surface area contributed by atoms with Crippen LogP contribution in [0.4, 0.5) is 0 Å². The molecule has 1 aromatic heterocycles. The van der Waals surface area contributed by atoms with Crippen molar-refractivity contribution < 1.29 is 4.79 Å². The van der Waals surface area contributed by atoms with Crippen molar-refractivity contribution in [3.8, 4) is 0 Å². The average Bonchev–Trinajstić information content (AvgIpc) is 2.14. The highest BCUT2D eigenvalue weighted by Gasteiger charge is 1.84. The first-order chi connectivity index (χ1) is 3.43. The van der Waals surface area contributed by atoms with Crippen LogP contribution in [-0.4, -0.2) is 16.5 Å². The fraction of sp³-hybridized carbons (Fsp3) is 0. The second kappa shape index (κ2) is 1.55. The van der Waals surface area contributed by atoms with Crippen molar-refractivity contribution in [1.82, 2.24) is 10.2 Å². The van der Waals surface area contributed by atoms with E-state index in [0.29, 0.717) is 11.8 Å². The van der Waals surface area contributed by atoms with Crippen LogP contribution in [0.2, 0.25) is 0 Å². The van der Waals surface area contributed by atoms with E-state index < -0.39 is 0 Å². The van der Waals surface area contributed by atoms with Gasteiger partial charge in [-0.05, 0) is 0 Å². The summed E-state index contributed by atoms with van der Waals surface area (Å²) in [6.45, 7) is 0. The number of H-pyrrole nitrogens is 1. The maximum atomic E-state index is 9.78. The quantitative estimate of drug-likeness (QED) is 0.500. The molecule has 0 aliphatic rings. The van der Waals surface area contributed by atoms with Crippen molar-refractivity contribution >= 4 is 6.29 Å². The molecule has 3 nitrogen and oxygen atoms in total. The Morgan fingerprint density at radius 1 is 2.00 bits per heavy atom. The summed E-state index contributed by atoms with van der Waals surface area (Å²) in [5, 5.41) is 5.86. The van der Waals surface area contributed by atoms with Crippen LogP contribution >= 0.6 is 0 Å². The van der Waals surface area contributed by atoms with E-state index in [1.165, 1.54) is 6.20 Å². The van der Waals surface area contributed by atoms with Crippen LogP contribution < -0.4 is 0 Å². The third-order valence-corrected chi connectivity index (χ3v) is 0.597. The lowest BCUT2D eigenvalue weighted by Gasteiger charge is -1.62. The molecule has 7 heavy (non-hydrogen) atoms. The molecule has 0 aliphatic heterocycles. The molecule has 1 radical (unpaired) electrons. The second-order valence-electron chi connectivity index (χ2n) is 1.07. The minimum Gasteiger partial charge on any atom is -0.298 e. The SMILES string of the molecule is O=Cc1[c]n[nH]c1. The zero-order valence-electron chi connectivity index (χ0n) is 3.51. The molecule has 1 N–H and O–H groups in total. The number of carbonyl (C=O) groups is 1. The Morgan fingerprint density at radius 3 is 3.14 bits per heavy atom. The van der Waals surface area contributed by atoms with Gasteiger partial charge in [-0.25, -0.2) is 0 Å². The number of carbonyl (C=O) groups excluding carboxylic acids is 1. The maximum Gasteiger partial charge on any atom is 0.153 e. The molecule has 35 valence electrons. The summed E-state index contributed by atoms with van der Waals surface area (Å²) in [5.41, 5.74) is 0.458. The summed E-state index contributed by atoms with van der Waals surface area (Å²) < 4.78 is 0. The predicted molar refractivity (Wildman–Crippen MR) is 22.8 cm³/mol. The molecule has 0 aromatic carbocycles. The van der Waals surface area contributed by atoms with Crippen LogP contribution in [0.25, 0.3) is 0 Å². The van der Waals surface area contributed by atoms with E-state index in [4.69, 9.17) is 0 Å². The Balaban J connectivity index is 2.96. The van der Waals surface area contributed by atoms with Gasteiger partial charge in [0.25, 0.3) is 0 Å². The van der Waals surface area contributed by atoms with Gasteiger partial charge in [-0.15, -0.1) is 0 Å². The summed E-state index contributed by atoms with van der Waals surface area (Å²) in [6.07, 6.45) is 4.58. The summed E-state index contributed by atoms with van der Waals surface area (Å²) in [5.74, 6) is 0. The minimum atomic E-state index is 0.458. The second-order valence-corrected chi connectivity index (χ2v) is 1.07. The van der Waals surface area contributed by atoms with Crippen molar-refractivity contribution in [3.05, 3.63) is 18.0 Å². The topological polar surface area (TPSA) is 45.8 Å². The zero-order valence-corrected chi connectivity index (χ0v) is 3.51. The fourth-order valence-electron chi connectivity index (χ4n) is 0.291. The lowest BCUT2D eigenvalue weighted by Crippen LogP contribution is -1.67. The van der Waals surface area contributed by atoms with Crippen LogP contribution in [-0.2, 0) is 0 Å². The van der Waals surface area contributed by atoms with Crippen molar-refractivity contribution in [2.75, 3.05) is 0 Å². The summed E-state index contributed by atoms with van der Waals surface area (Å²) in [7, 11) is 0. The standard InChI is InChI=1S/C4H3N2O/c7-3-4-1-5-6-2-4/h1,3H,(H,5,6). The summed E-state index contributed by atoms with van der Waals surface area (Å²) >= 11 is 0. The molecule has 0 unspecified atom stereocenters. The lowest BCUT2D eigenvalue weighted by molar-refractivity contribution is 0.112. The molecule has 0 bridgehead atoms. The zero-order chi connectivity index (χ0) is 5.11. The van der Waals surface area contributed by atoms with Gasteiger partial charge in [0.1, 0.15) is 6.20 Å². The van der Waals surface area contributed by atoms with E-state index in [-0.39, 0.29) is 0 Å². The van der Waals surface area contributed by atoms with Gasteiger partial charge in [0.05, 0.1) is 5.56 Å². The van der Waals surface area contributed by atoms with Crippen molar-refractivity contribution in [2.45, 2.75) is 0 Å². The molecule has 0 spiro atoms. The van der Waals surface area contributed by atoms with Crippen molar-refractivity contribution in [2.24, 2.45) is 0 Å². The Labute approximate surface area is 40.4 Å². The first kappa shape index (κ1) is 4.05. The van der Waals surface area contributed by atoms with Gasteiger partial charge in [0.2, 0.25) is 0 Å². The first-order valence-electron chi connectivity index (χ1n) is 1.80. The van der Waals surface area contributed by atoms with E-state index in [9.17, 15) is 4.79 Å². The molecule has 1 aromatic rings. The molecule has 1 rings (SSSR count). The Kier molecular flexibility index (Phi) is 0.898. The molecule has 0 saturated carbocycles. The van der Waals surface area contributed by atoms with Crippen molar-refractivity contribution in [1.29, 1.82) is 0 Å². The summed E-state index contributed by atoms with van der Waals surface area (Å²) in [6, 6.07) is 0. The Bertz CT molecular complexity index is 145. The highest BCUT2D eigenvalue weighted by Crippen LogP contribution is 1.82. The molecule has 0 saturated heterocycles. The number of aromatic nitrogens is 2. The Morgan fingerprint density at radius 2 is 2.86 bits per heavy atom. The third kappa shape index (κ3) is 0.652. The van der Waals surface area contributed by atoms with Crippen LogP contribution in [0.15, 0.2) is 6.20 Å². The number of rotatable bonds is 1. The normalized spacial score (nSPS) is 8.57. The smallest absolute Gasteiger partial charge is 0.153 e. The van der Waals surface area contributed by atoms with E-state index >= 15 is 0 Å². The van der Waals surface area contributed by atoms with Crippen LogP contribution in [0, 0.1) is 6.20 Å². The third-order valence-electron chi connectivity index (χ3n) is 0.597. The number of hydrogen-bond acceptors (Lipinski definition) is 2. The van der Waals surface area contributed by atoms with E-state index in [1.54, 1.807) is 0 Å². The fourth-order valence-corrected chi connectivity index (χ4v) is 0.291. The van der Waals surface area contributed by atoms with Gasteiger partial charge in [0, 0.05) is 6.20 Å². The molecule has 0 atom stereocenters. The van der Waals surface area contributed by atoms with Crippen molar-refractivity contribution in [3.63, 3.8) is 0 Å². The Hall–Kier alpha value is -1.12. The number of aldehydes is 1. The molecule has 1 heterocycles. The van der Waals surface area contributed by atoms with E-state index in [2.05, 4.69) is 16.4 Å². The number of nitrogens with zero attached hydrogens (tertiary/aromatic N) is 1. The maximum absolute atomic E-state index is 9.78. The number of nitrogens with one attached hydrogen (secondary N) is 1. The number of hydrogen-bond donors (Lipinski definition) is 1. The molecule has 0 fully saturated rings. The molecule has 0 aliphatic carbocycles. The largest absolute Gasteiger partial charge is 0.298 e. The highest BCUT2D eigenvalue weighted by molar-refractivity contribution is 5.72. The minimum absolute atomic E-state index is 0.458. The number of aromatic amines is 1. The predicted octanol–water partition coefficient (Wildman–Crippen LogP) is 0.0224. The van der Waals surface area contributed by atoms with E-state index in [1.807, 2.05) is 0 Å². The molecule has 3 heteroatoms. The van der Waals surface area contributed by atoms with Gasteiger partial charge < -0.3 is 0 Å². The molecule has 0 amide bonds. The van der Waals surface area contributed by atoms with Gasteiger partial charge in [-0.1, -0.05) is 0 Å². The van der Waals surface area contributed by atoms with Crippen LogP contribution in [0.3, 0.4) is 0 Å². The van der Waals surface area contributed by atoms with Crippen LogP contribution in [0.5, 0.6) is 0 Å². The van der Waals surface area contributed by atoms with E-state index in [0.717, 1.165) is 0 Å². The first-order valence-corrected chi connectivity index (χ1v) is 1.80.